The highest BCUT2D eigenvalue weighted by Gasteiger charge is 2.41. The Balaban J connectivity index is 1.99. The smallest absolute Gasteiger partial charge is 0.115 e. The number of benzene rings is 3. The molecule has 3 nitrogen and oxygen atoms in total. The summed E-state index contributed by atoms with van der Waals surface area (Å²) in [7, 11) is 0. The second kappa shape index (κ2) is 5.06. The lowest BCUT2D eigenvalue weighted by Gasteiger charge is -2.31. The van der Waals surface area contributed by atoms with E-state index in [4.69, 9.17) is 0 Å². The zero-order valence-electron chi connectivity index (χ0n) is 12.5. The van der Waals surface area contributed by atoms with Gasteiger partial charge < -0.3 is 15.5 Å². The third-order valence-corrected chi connectivity index (χ3v) is 4.65. The van der Waals surface area contributed by atoms with E-state index in [0.717, 1.165) is 23.4 Å². The van der Waals surface area contributed by atoms with Crippen molar-refractivity contribution in [1.82, 2.24) is 0 Å². The minimum absolute atomic E-state index is 0.258. The van der Waals surface area contributed by atoms with Crippen molar-refractivity contribution in [3.05, 3.63) is 89.5 Å². The number of phenolic OH excluding ortho intramolecular Hbond substituents is 2. The number of aromatic hydroxyl groups is 2. The first-order valence-electron chi connectivity index (χ1n) is 7.62. The lowest BCUT2D eigenvalue weighted by molar-refractivity contribution is 0.474. The molecule has 3 N–H and O–H groups in total. The molecule has 0 radical (unpaired) electrons. The fourth-order valence-electron chi connectivity index (χ4n) is 3.51. The predicted octanol–water partition coefficient (Wildman–Crippen LogP) is 3.86. The minimum Gasteiger partial charge on any atom is -0.508 e. The number of hydrogen-bond donors (Lipinski definition) is 3. The van der Waals surface area contributed by atoms with E-state index in [1.807, 2.05) is 36.4 Å². The van der Waals surface area contributed by atoms with Crippen molar-refractivity contribution >= 4 is 5.69 Å². The molecule has 3 aromatic rings. The van der Waals surface area contributed by atoms with Gasteiger partial charge in [0.05, 0.1) is 5.41 Å². The fraction of sp³-hybridized carbons (Fsp3) is 0.100. The summed E-state index contributed by atoms with van der Waals surface area (Å²) in [6.45, 7) is 0.738. The zero-order valence-corrected chi connectivity index (χ0v) is 12.5. The maximum Gasteiger partial charge on any atom is 0.115 e. The van der Waals surface area contributed by atoms with Crippen LogP contribution in [0.1, 0.15) is 16.7 Å². The van der Waals surface area contributed by atoms with Crippen LogP contribution in [0.25, 0.3) is 0 Å². The second-order valence-electron chi connectivity index (χ2n) is 5.90. The Morgan fingerprint density at radius 1 is 0.696 bits per heavy atom. The maximum atomic E-state index is 9.64. The molecule has 114 valence electrons. The molecule has 0 spiro atoms. The average molecular weight is 303 g/mol. The summed E-state index contributed by atoms with van der Waals surface area (Å²) in [5.41, 5.74) is 4.21. The van der Waals surface area contributed by atoms with Gasteiger partial charge in [-0.2, -0.15) is 0 Å². The molecule has 3 heteroatoms. The van der Waals surface area contributed by atoms with Crippen LogP contribution in [0.4, 0.5) is 5.69 Å². The molecule has 0 aliphatic carbocycles. The molecule has 0 fully saturated rings. The predicted molar refractivity (Wildman–Crippen MR) is 91.0 cm³/mol. The normalized spacial score (nSPS) is 15.0. The summed E-state index contributed by atoms with van der Waals surface area (Å²) < 4.78 is 0. The van der Waals surface area contributed by atoms with Gasteiger partial charge in [0, 0.05) is 12.2 Å². The number of rotatable bonds is 2. The Hall–Kier alpha value is -2.94. The molecular formula is C20H17NO2. The molecule has 0 saturated heterocycles. The van der Waals surface area contributed by atoms with Gasteiger partial charge in [0.1, 0.15) is 11.5 Å². The number of hydrogen-bond acceptors (Lipinski definition) is 3. The monoisotopic (exact) mass is 303 g/mol. The van der Waals surface area contributed by atoms with Gasteiger partial charge in [0.2, 0.25) is 0 Å². The Labute approximate surface area is 134 Å². The van der Waals surface area contributed by atoms with Gasteiger partial charge in [-0.3, -0.25) is 0 Å². The van der Waals surface area contributed by atoms with Gasteiger partial charge in [0.25, 0.3) is 0 Å². The number of phenols is 2. The van der Waals surface area contributed by atoms with Gasteiger partial charge in [-0.05, 0) is 47.0 Å². The van der Waals surface area contributed by atoms with Gasteiger partial charge in [0.15, 0.2) is 0 Å². The number of nitrogens with one attached hydrogen (secondary N) is 1. The number of anilines is 1. The largest absolute Gasteiger partial charge is 0.508 e. The molecule has 0 atom stereocenters. The van der Waals surface area contributed by atoms with Crippen molar-refractivity contribution in [1.29, 1.82) is 0 Å². The van der Waals surface area contributed by atoms with Crippen LogP contribution in [0.15, 0.2) is 72.8 Å². The summed E-state index contributed by atoms with van der Waals surface area (Å²) in [6.07, 6.45) is 0. The molecular weight excluding hydrogens is 286 g/mol. The molecule has 23 heavy (non-hydrogen) atoms. The summed E-state index contributed by atoms with van der Waals surface area (Å²) in [4.78, 5) is 0. The standard InChI is InChI=1S/C20H17NO2/c22-16-9-5-14(6-10-16)20(15-7-11-17(23)12-8-15)13-21-19-4-2-1-3-18(19)20/h1-12,21-23H,13H2. The van der Waals surface area contributed by atoms with E-state index >= 15 is 0 Å². The number of para-hydroxylation sites is 1. The molecule has 0 amide bonds. The highest BCUT2D eigenvalue weighted by atomic mass is 16.3. The first-order valence-corrected chi connectivity index (χ1v) is 7.62. The Kier molecular flexibility index (Phi) is 3.01. The summed E-state index contributed by atoms with van der Waals surface area (Å²) in [5.74, 6) is 0.516. The van der Waals surface area contributed by atoms with E-state index in [2.05, 4.69) is 17.4 Å². The van der Waals surface area contributed by atoms with E-state index in [-0.39, 0.29) is 16.9 Å². The van der Waals surface area contributed by atoms with Crippen molar-refractivity contribution in [2.45, 2.75) is 5.41 Å². The Morgan fingerprint density at radius 3 is 1.78 bits per heavy atom. The van der Waals surface area contributed by atoms with Crippen molar-refractivity contribution in [3.8, 4) is 11.5 Å². The van der Waals surface area contributed by atoms with Gasteiger partial charge in [-0.1, -0.05) is 42.5 Å². The quantitative estimate of drug-likeness (QED) is 0.674. The van der Waals surface area contributed by atoms with Crippen LogP contribution in [-0.4, -0.2) is 16.8 Å². The molecule has 1 aliphatic rings. The van der Waals surface area contributed by atoms with Crippen molar-refractivity contribution in [2.75, 3.05) is 11.9 Å². The van der Waals surface area contributed by atoms with Crippen LogP contribution in [0.5, 0.6) is 11.5 Å². The molecule has 4 rings (SSSR count). The van der Waals surface area contributed by atoms with Crippen LogP contribution < -0.4 is 5.32 Å². The topological polar surface area (TPSA) is 52.5 Å². The molecule has 0 bridgehead atoms. The molecule has 1 heterocycles. The van der Waals surface area contributed by atoms with Crippen LogP contribution >= 0.6 is 0 Å². The fourth-order valence-corrected chi connectivity index (χ4v) is 3.51. The molecule has 0 saturated carbocycles. The Bertz CT molecular complexity index is 793. The first-order chi connectivity index (χ1) is 11.2. The van der Waals surface area contributed by atoms with E-state index < -0.39 is 0 Å². The van der Waals surface area contributed by atoms with Crippen LogP contribution in [0.3, 0.4) is 0 Å². The highest BCUT2D eigenvalue weighted by Crippen LogP contribution is 2.47. The summed E-state index contributed by atoms with van der Waals surface area (Å²) in [6, 6.07) is 23.0. The number of fused-ring (bicyclic) bond motifs is 1. The summed E-state index contributed by atoms with van der Waals surface area (Å²) in [5, 5.41) is 22.8. The zero-order chi connectivity index (χ0) is 15.9. The van der Waals surface area contributed by atoms with Crippen molar-refractivity contribution in [3.63, 3.8) is 0 Å². The van der Waals surface area contributed by atoms with Crippen LogP contribution in [0.2, 0.25) is 0 Å². The molecule has 3 aromatic carbocycles. The minimum atomic E-state index is -0.335. The second-order valence-corrected chi connectivity index (χ2v) is 5.90. The lowest BCUT2D eigenvalue weighted by Crippen LogP contribution is -2.31. The molecule has 1 aliphatic heterocycles. The van der Waals surface area contributed by atoms with Crippen molar-refractivity contribution < 1.29 is 10.2 Å². The first kappa shape index (κ1) is 13.7. The maximum absolute atomic E-state index is 9.64. The van der Waals surface area contributed by atoms with E-state index in [0.29, 0.717) is 0 Å². The van der Waals surface area contributed by atoms with E-state index in [1.165, 1.54) is 5.56 Å². The average Bonchev–Trinajstić information content (AvgIpc) is 2.97. The Morgan fingerprint density at radius 2 is 1.22 bits per heavy atom. The van der Waals surface area contributed by atoms with Gasteiger partial charge >= 0.3 is 0 Å². The SMILES string of the molecule is Oc1ccc(C2(c3ccc(O)cc3)CNc3ccccc32)cc1. The molecule has 0 aromatic heterocycles. The van der Waals surface area contributed by atoms with Gasteiger partial charge in [-0.15, -0.1) is 0 Å². The van der Waals surface area contributed by atoms with E-state index in [1.54, 1.807) is 24.3 Å². The molecule has 0 unspecified atom stereocenters. The third kappa shape index (κ3) is 2.05. The van der Waals surface area contributed by atoms with Gasteiger partial charge in [-0.25, -0.2) is 0 Å². The summed E-state index contributed by atoms with van der Waals surface area (Å²) >= 11 is 0. The third-order valence-electron chi connectivity index (χ3n) is 4.65. The highest BCUT2D eigenvalue weighted by molar-refractivity contribution is 5.69. The van der Waals surface area contributed by atoms with Crippen LogP contribution in [0, 0.1) is 0 Å². The van der Waals surface area contributed by atoms with E-state index in [9.17, 15) is 10.2 Å². The lowest BCUT2D eigenvalue weighted by atomic mass is 9.71. The van der Waals surface area contributed by atoms with Crippen molar-refractivity contribution in [2.24, 2.45) is 0 Å². The van der Waals surface area contributed by atoms with Crippen LogP contribution in [-0.2, 0) is 5.41 Å².